The lowest BCUT2D eigenvalue weighted by atomic mass is 10.1. The molecule has 2 aromatic heterocycles. The van der Waals surface area contributed by atoms with Crippen molar-refractivity contribution in [1.29, 1.82) is 0 Å². The van der Waals surface area contributed by atoms with E-state index in [0.29, 0.717) is 24.6 Å². The SMILES string of the molecule is Cc1noc(C)c1CCC(=O)N1CCC[C@@H]1c1noc(C2CC2)n1. The molecule has 24 heavy (non-hydrogen) atoms. The van der Waals surface area contributed by atoms with E-state index in [-0.39, 0.29) is 11.9 Å². The van der Waals surface area contributed by atoms with Gasteiger partial charge >= 0.3 is 0 Å². The second-order valence-electron chi connectivity index (χ2n) is 6.81. The van der Waals surface area contributed by atoms with E-state index in [0.717, 1.165) is 55.1 Å². The second kappa shape index (κ2) is 6.03. The Morgan fingerprint density at radius 1 is 1.21 bits per heavy atom. The van der Waals surface area contributed by atoms with Gasteiger partial charge in [-0.15, -0.1) is 0 Å². The molecule has 1 aliphatic carbocycles. The van der Waals surface area contributed by atoms with Crippen LogP contribution < -0.4 is 0 Å². The Bertz CT molecular complexity index is 727. The van der Waals surface area contributed by atoms with Crippen LogP contribution in [-0.2, 0) is 11.2 Å². The highest BCUT2D eigenvalue weighted by Gasteiger charge is 2.35. The summed E-state index contributed by atoms with van der Waals surface area (Å²) in [6.45, 7) is 4.56. The number of hydrogen-bond acceptors (Lipinski definition) is 6. The second-order valence-corrected chi connectivity index (χ2v) is 6.81. The lowest BCUT2D eigenvalue weighted by Crippen LogP contribution is -2.31. The van der Waals surface area contributed by atoms with Crippen molar-refractivity contribution in [2.75, 3.05) is 6.54 Å². The quantitative estimate of drug-likeness (QED) is 0.838. The monoisotopic (exact) mass is 330 g/mol. The van der Waals surface area contributed by atoms with Crippen molar-refractivity contribution in [1.82, 2.24) is 20.2 Å². The zero-order valence-electron chi connectivity index (χ0n) is 14.1. The largest absolute Gasteiger partial charge is 0.361 e. The molecule has 2 aromatic rings. The molecular weight excluding hydrogens is 308 g/mol. The van der Waals surface area contributed by atoms with Gasteiger partial charge in [0.05, 0.1) is 11.7 Å². The third-order valence-corrected chi connectivity index (χ3v) is 5.03. The van der Waals surface area contributed by atoms with Gasteiger partial charge < -0.3 is 13.9 Å². The highest BCUT2D eigenvalue weighted by molar-refractivity contribution is 5.77. The minimum absolute atomic E-state index is 0.0431. The summed E-state index contributed by atoms with van der Waals surface area (Å²) in [5.41, 5.74) is 1.90. The highest BCUT2D eigenvalue weighted by atomic mass is 16.5. The summed E-state index contributed by atoms with van der Waals surface area (Å²) in [5.74, 6) is 2.78. The van der Waals surface area contributed by atoms with E-state index in [1.54, 1.807) is 0 Å². The van der Waals surface area contributed by atoms with E-state index in [1.807, 2.05) is 18.7 Å². The number of aromatic nitrogens is 3. The standard InChI is InChI=1S/C17H22N4O3/c1-10-13(11(2)23-19-10)7-8-15(22)21-9-3-4-14(21)16-18-17(24-20-16)12-5-6-12/h12,14H,3-9H2,1-2H3/t14-/m1/s1. The first-order valence-corrected chi connectivity index (χ1v) is 8.68. The topological polar surface area (TPSA) is 85.3 Å². The molecule has 1 atom stereocenters. The van der Waals surface area contributed by atoms with Crippen molar-refractivity contribution < 1.29 is 13.8 Å². The van der Waals surface area contributed by atoms with Crippen LogP contribution in [0.3, 0.4) is 0 Å². The molecule has 7 heteroatoms. The number of likely N-dealkylation sites (tertiary alicyclic amines) is 1. The summed E-state index contributed by atoms with van der Waals surface area (Å²) < 4.78 is 10.5. The predicted molar refractivity (Wildman–Crippen MR) is 84.3 cm³/mol. The van der Waals surface area contributed by atoms with Gasteiger partial charge in [0.15, 0.2) is 5.82 Å². The van der Waals surface area contributed by atoms with Crippen molar-refractivity contribution >= 4 is 5.91 Å². The van der Waals surface area contributed by atoms with Crippen LogP contribution in [0.5, 0.6) is 0 Å². The summed E-state index contributed by atoms with van der Waals surface area (Å²) in [6, 6.07) is -0.0431. The molecule has 1 saturated carbocycles. The number of rotatable bonds is 5. The molecule has 3 heterocycles. The lowest BCUT2D eigenvalue weighted by Gasteiger charge is -2.22. The molecule has 0 spiro atoms. The molecule has 1 amide bonds. The van der Waals surface area contributed by atoms with Gasteiger partial charge in [0.2, 0.25) is 11.8 Å². The lowest BCUT2D eigenvalue weighted by molar-refractivity contribution is -0.132. The Hall–Kier alpha value is -2.18. The van der Waals surface area contributed by atoms with Gasteiger partial charge in [-0.2, -0.15) is 4.98 Å². The molecule has 0 aromatic carbocycles. The van der Waals surface area contributed by atoms with E-state index in [1.165, 1.54) is 0 Å². The Kier molecular flexibility index (Phi) is 3.86. The van der Waals surface area contributed by atoms with Crippen LogP contribution in [0.25, 0.3) is 0 Å². The fraction of sp³-hybridized carbons (Fsp3) is 0.647. The Morgan fingerprint density at radius 2 is 2.04 bits per heavy atom. The Balaban J connectivity index is 1.42. The average Bonchev–Trinajstić information content (AvgIpc) is 2.99. The molecule has 128 valence electrons. The molecule has 4 rings (SSSR count). The van der Waals surface area contributed by atoms with Crippen molar-refractivity contribution in [3.05, 3.63) is 28.7 Å². The van der Waals surface area contributed by atoms with Crippen molar-refractivity contribution in [2.45, 2.75) is 64.3 Å². The number of carbonyl (C=O) groups is 1. The molecule has 0 bridgehead atoms. The van der Waals surface area contributed by atoms with Gasteiger partial charge in [-0.3, -0.25) is 4.79 Å². The molecule has 0 radical (unpaired) electrons. The van der Waals surface area contributed by atoms with Gasteiger partial charge in [-0.05, 0) is 46.0 Å². The zero-order valence-corrected chi connectivity index (χ0v) is 14.1. The average molecular weight is 330 g/mol. The van der Waals surface area contributed by atoms with Crippen LogP contribution >= 0.6 is 0 Å². The Labute approximate surface area is 140 Å². The fourth-order valence-electron chi connectivity index (χ4n) is 3.45. The summed E-state index contributed by atoms with van der Waals surface area (Å²) >= 11 is 0. The molecule has 1 saturated heterocycles. The first-order valence-electron chi connectivity index (χ1n) is 8.68. The van der Waals surface area contributed by atoms with Crippen LogP contribution in [0, 0.1) is 13.8 Å². The van der Waals surface area contributed by atoms with E-state index in [2.05, 4.69) is 15.3 Å². The summed E-state index contributed by atoms with van der Waals surface area (Å²) in [4.78, 5) is 19.1. The van der Waals surface area contributed by atoms with E-state index in [4.69, 9.17) is 9.05 Å². The number of amides is 1. The maximum absolute atomic E-state index is 12.7. The van der Waals surface area contributed by atoms with E-state index in [9.17, 15) is 4.79 Å². The normalized spacial score (nSPS) is 20.8. The van der Waals surface area contributed by atoms with E-state index < -0.39 is 0 Å². The molecule has 2 fully saturated rings. The number of aryl methyl sites for hydroxylation is 2. The maximum atomic E-state index is 12.7. The summed E-state index contributed by atoms with van der Waals surface area (Å²) in [5, 5.41) is 8.07. The zero-order chi connectivity index (χ0) is 16.7. The van der Waals surface area contributed by atoms with Crippen LogP contribution in [0.4, 0.5) is 0 Å². The van der Waals surface area contributed by atoms with Gasteiger partial charge in [0.25, 0.3) is 0 Å². The van der Waals surface area contributed by atoms with Crippen molar-refractivity contribution in [3.63, 3.8) is 0 Å². The fourth-order valence-corrected chi connectivity index (χ4v) is 3.45. The minimum atomic E-state index is -0.0431. The smallest absolute Gasteiger partial charge is 0.229 e. The van der Waals surface area contributed by atoms with Crippen molar-refractivity contribution in [2.24, 2.45) is 0 Å². The van der Waals surface area contributed by atoms with Crippen LogP contribution in [0.15, 0.2) is 9.05 Å². The number of carbonyl (C=O) groups excluding carboxylic acids is 1. The molecule has 1 aliphatic heterocycles. The number of hydrogen-bond donors (Lipinski definition) is 0. The van der Waals surface area contributed by atoms with Crippen LogP contribution in [-0.4, -0.2) is 32.6 Å². The predicted octanol–water partition coefficient (Wildman–Crippen LogP) is 2.85. The molecular formula is C17H22N4O3. The first-order chi connectivity index (χ1) is 11.6. The van der Waals surface area contributed by atoms with E-state index >= 15 is 0 Å². The van der Waals surface area contributed by atoms with Gasteiger partial charge in [-0.25, -0.2) is 0 Å². The van der Waals surface area contributed by atoms with Crippen LogP contribution in [0.1, 0.15) is 72.8 Å². The molecule has 0 unspecified atom stereocenters. The van der Waals surface area contributed by atoms with Crippen LogP contribution in [0.2, 0.25) is 0 Å². The molecule has 7 nitrogen and oxygen atoms in total. The highest BCUT2D eigenvalue weighted by Crippen LogP contribution is 2.40. The van der Waals surface area contributed by atoms with Gasteiger partial charge in [-0.1, -0.05) is 10.3 Å². The van der Waals surface area contributed by atoms with Crippen molar-refractivity contribution in [3.8, 4) is 0 Å². The third-order valence-electron chi connectivity index (χ3n) is 5.03. The van der Waals surface area contributed by atoms with Gasteiger partial charge in [0.1, 0.15) is 5.76 Å². The summed E-state index contributed by atoms with van der Waals surface area (Å²) in [6.07, 6.45) is 5.25. The first kappa shape index (κ1) is 15.4. The summed E-state index contributed by atoms with van der Waals surface area (Å²) in [7, 11) is 0. The number of nitrogens with zero attached hydrogens (tertiary/aromatic N) is 4. The Morgan fingerprint density at radius 3 is 2.75 bits per heavy atom. The molecule has 2 aliphatic rings. The maximum Gasteiger partial charge on any atom is 0.229 e. The molecule has 0 N–H and O–H groups in total. The van der Waals surface area contributed by atoms with Gasteiger partial charge in [0, 0.05) is 24.4 Å². The third kappa shape index (κ3) is 2.83. The minimum Gasteiger partial charge on any atom is -0.361 e.